The molecule has 0 amide bonds. The van der Waals surface area contributed by atoms with Crippen molar-refractivity contribution in [1.82, 2.24) is 4.90 Å². The fraction of sp³-hybridized carbons (Fsp3) is 0.455. The summed E-state index contributed by atoms with van der Waals surface area (Å²) in [5.74, 6) is 2.11. The van der Waals surface area contributed by atoms with E-state index in [4.69, 9.17) is 9.47 Å². The molecular weight excluding hydrogens is 346 g/mol. The van der Waals surface area contributed by atoms with E-state index in [1.807, 2.05) is 6.07 Å². The molecule has 0 saturated carbocycles. The molecule has 1 heterocycles. The molecule has 0 saturated heterocycles. The Hall–Kier alpha value is -1.71. The van der Waals surface area contributed by atoms with Crippen LogP contribution in [0, 0.1) is 20.8 Å². The van der Waals surface area contributed by atoms with E-state index in [2.05, 4.69) is 64.0 Å². The van der Waals surface area contributed by atoms with Gasteiger partial charge in [0.05, 0.1) is 0 Å². The van der Waals surface area contributed by atoms with Gasteiger partial charge in [0.2, 0.25) is 0 Å². The third-order valence-electron chi connectivity index (χ3n) is 5.15. The van der Waals surface area contributed by atoms with Crippen LogP contribution in [0.25, 0.3) is 0 Å². The average molecular weight is 376 g/mol. The zero-order valence-corrected chi connectivity index (χ0v) is 17.3. The van der Waals surface area contributed by atoms with Crippen LogP contribution in [0.4, 0.5) is 0 Å². The van der Waals surface area contributed by atoms with Crippen molar-refractivity contribution in [3.05, 3.63) is 58.1 Å². The van der Waals surface area contributed by atoms with Crippen molar-refractivity contribution in [2.24, 2.45) is 0 Å². The summed E-state index contributed by atoms with van der Waals surface area (Å²) in [6.45, 7) is 8.11. The molecule has 2 aromatic rings. The van der Waals surface area contributed by atoms with Gasteiger partial charge < -0.3 is 14.4 Å². The zero-order chi connectivity index (χ0) is 18.0. The Morgan fingerprint density at radius 3 is 2.38 bits per heavy atom. The Balaban J connectivity index is 0.00000243. The van der Waals surface area contributed by atoms with Crippen LogP contribution in [-0.4, -0.2) is 31.6 Å². The highest BCUT2D eigenvalue weighted by Gasteiger charge is 2.29. The molecule has 1 unspecified atom stereocenters. The molecule has 0 N–H and O–H groups in total. The van der Waals surface area contributed by atoms with Gasteiger partial charge in [0.15, 0.2) is 0 Å². The molecule has 0 bridgehead atoms. The van der Waals surface area contributed by atoms with Gasteiger partial charge in [-0.3, -0.25) is 0 Å². The minimum absolute atomic E-state index is 0. The molecule has 3 nitrogen and oxygen atoms in total. The van der Waals surface area contributed by atoms with Crippen molar-refractivity contribution in [3.63, 3.8) is 0 Å². The average Bonchev–Trinajstić information content (AvgIpc) is 3.04. The number of hydrogen-bond acceptors (Lipinski definition) is 3. The predicted octanol–water partition coefficient (Wildman–Crippen LogP) is 4.87. The van der Waals surface area contributed by atoms with Gasteiger partial charge in [0, 0.05) is 18.5 Å². The van der Waals surface area contributed by atoms with Gasteiger partial charge in [0.25, 0.3) is 0 Å². The first-order valence-corrected chi connectivity index (χ1v) is 9.08. The maximum Gasteiger partial charge on any atom is 0.126 e. The van der Waals surface area contributed by atoms with Crippen molar-refractivity contribution in [2.45, 2.75) is 46.3 Å². The Bertz CT molecular complexity index is 744. The van der Waals surface area contributed by atoms with Crippen molar-refractivity contribution in [1.29, 1.82) is 0 Å². The number of rotatable bonds is 6. The van der Waals surface area contributed by atoms with E-state index in [1.165, 1.54) is 27.8 Å². The second-order valence-corrected chi connectivity index (χ2v) is 7.32. The molecule has 1 aliphatic rings. The lowest BCUT2D eigenvalue weighted by Crippen LogP contribution is -2.22. The SMILES string of the molecule is Cc1c(C)c2c(c(C)c1OCc1ccccc1)CC(CCN(C)C)O2.Cl. The summed E-state index contributed by atoms with van der Waals surface area (Å²) in [4.78, 5) is 2.21. The summed E-state index contributed by atoms with van der Waals surface area (Å²) in [5, 5.41) is 0. The van der Waals surface area contributed by atoms with E-state index < -0.39 is 0 Å². The molecule has 2 aromatic carbocycles. The standard InChI is InChI=1S/C22H29NO2.ClH/c1-15-16(2)22-20(13-19(25-22)11-12-23(4)5)17(3)21(15)24-14-18-9-7-6-8-10-18;/h6-10,19H,11-14H2,1-5H3;1H. The van der Waals surface area contributed by atoms with E-state index in [0.717, 1.165) is 30.9 Å². The van der Waals surface area contributed by atoms with Crippen molar-refractivity contribution < 1.29 is 9.47 Å². The summed E-state index contributed by atoms with van der Waals surface area (Å²) in [7, 11) is 4.22. The van der Waals surface area contributed by atoms with Gasteiger partial charge in [-0.1, -0.05) is 30.3 Å². The second kappa shape index (κ2) is 8.79. The summed E-state index contributed by atoms with van der Waals surface area (Å²) < 4.78 is 12.5. The normalized spacial score (nSPS) is 15.4. The molecule has 0 fully saturated rings. The first kappa shape index (κ1) is 20.6. The number of halogens is 1. The van der Waals surface area contributed by atoms with E-state index in [-0.39, 0.29) is 18.5 Å². The van der Waals surface area contributed by atoms with Crippen LogP contribution in [0.2, 0.25) is 0 Å². The number of nitrogens with zero attached hydrogens (tertiary/aromatic N) is 1. The van der Waals surface area contributed by atoms with E-state index in [0.29, 0.717) is 6.61 Å². The van der Waals surface area contributed by atoms with Gasteiger partial charge in [-0.25, -0.2) is 0 Å². The molecule has 0 spiro atoms. The van der Waals surface area contributed by atoms with Gasteiger partial charge in [-0.15, -0.1) is 12.4 Å². The molecule has 1 aliphatic heterocycles. The van der Waals surface area contributed by atoms with Crippen LogP contribution in [0.1, 0.15) is 34.2 Å². The van der Waals surface area contributed by atoms with Crippen LogP contribution in [-0.2, 0) is 13.0 Å². The summed E-state index contributed by atoms with van der Waals surface area (Å²) in [5.41, 5.74) is 6.17. The van der Waals surface area contributed by atoms with Crippen LogP contribution in [0.15, 0.2) is 30.3 Å². The topological polar surface area (TPSA) is 21.7 Å². The second-order valence-electron chi connectivity index (χ2n) is 7.32. The molecule has 142 valence electrons. The van der Waals surface area contributed by atoms with Crippen LogP contribution in [0.5, 0.6) is 11.5 Å². The molecule has 0 aromatic heterocycles. The molecular formula is C22H30ClNO2. The number of ether oxygens (including phenoxy) is 2. The number of benzene rings is 2. The number of fused-ring (bicyclic) bond motifs is 1. The maximum atomic E-state index is 6.29. The van der Waals surface area contributed by atoms with Crippen molar-refractivity contribution >= 4 is 12.4 Å². The monoisotopic (exact) mass is 375 g/mol. The van der Waals surface area contributed by atoms with Gasteiger partial charge in [-0.2, -0.15) is 0 Å². The fourth-order valence-electron chi connectivity index (χ4n) is 3.51. The van der Waals surface area contributed by atoms with Crippen molar-refractivity contribution in [2.75, 3.05) is 20.6 Å². The van der Waals surface area contributed by atoms with Crippen molar-refractivity contribution in [3.8, 4) is 11.5 Å². The lowest BCUT2D eigenvalue weighted by atomic mass is 9.95. The highest BCUT2D eigenvalue weighted by molar-refractivity contribution is 5.85. The van der Waals surface area contributed by atoms with Crippen LogP contribution >= 0.6 is 12.4 Å². The molecule has 0 aliphatic carbocycles. The molecule has 4 heteroatoms. The third kappa shape index (κ3) is 4.33. The predicted molar refractivity (Wildman–Crippen MR) is 110 cm³/mol. The lowest BCUT2D eigenvalue weighted by Gasteiger charge is -2.18. The lowest BCUT2D eigenvalue weighted by molar-refractivity contribution is 0.202. The summed E-state index contributed by atoms with van der Waals surface area (Å²) >= 11 is 0. The Morgan fingerprint density at radius 2 is 1.73 bits per heavy atom. The first-order valence-electron chi connectivity index (χ1n) is 9.08. The smallest absolute Gasteiger partial charge is 0.126 e. The quantitative estimate of drug-likeness (QED) is 0.719. The Labute approximate surface area is 163 Å². The largest absolute Gasteiger partial charge is 0.489 e. The highest BCUT2D eigenvalue weighted by atomic mass is 35.5. The molecule has 1 atom stereocenters. The van der Waals surface area contributed by atoms with E-state index in [9.17, 15) is 0 Å². The first-order chi connectivity index (χ1) is 12.0. The van der Waals surface area contributed by atoms with E-state index in [1.54, 1.807) is 0 Å². The minimum Gasteiger partial charge on any atom is -0.489 e. The van der Waals surface area contributed by atoms with Gasteiger partial charge in [-0.05, 0) is 63.5 Å². The third-order valence-corrected chi connectivity index (χ3v) is 5.15. The minimum atomic E-state index is 0. The maximum absolute atomic E-state index is 6.29. The van der Waals surface area contributed by atoms with Crippen LogP contribution < -0.4 is 9.47 Å². The fourth-order valence-corrected chi connectivity index (χ4v) is 3.51. The Kier molecular flexibility index (Phi) is 6.96. The number of hydrogen-bond donors (Lipinski definition) is 0. The molecule has 26 heavy (non-hydrogen) atoms. The summed E-state index contributed by atoms with van der Waals surface area (Å²) in [6, 6.07) is 10.3. The molecule has 3 rings (SSSR count). The van der Waals surface area contributed by atoms with Crippen LogP contribution in [0.3, 0.4) is 0 Å². The van der Waals surface area contributed by atoms with Gasteiger partial charge in [0.1, 0.15) is 24.2 Å². The highest BCUT2D eigenvalue weighted by Crippen LogP contribution is 2.43. The zero-order valence-electron chi connectivity index (χ0n) is 16.5. The van der Waals surface area contributed by atoms with Gasteiger partial charge >= 0.3 is 0 Å². The Morgan fingerprint density at radius 1 is 1.04 bits per heavy atom. The molecule has 0 radical (unpaired) electrons. The van der Waals surface area contributed by atoms with E-state index >= 15 is 0 Å². The summed E-state index contributed by atoms with van der Waals surface area (Å²) in [6.07, 6.45) is 2.32.